The third-order valence-corrected chi connectivity index (χ3v) is 7.79. The number of carbonyl (C=O) groups excluding carboxylic acids is 2. The minimum Gasteiger partial charge on any atom is -0.352 e. The molecule has 0 spiro atoms. The molecular weight excluding hydrogens is 450 g/mol. The number of nitrogens with one attached hydrogen (secondary N) is 1. The van der Waals surface area contributed by atoms with Crippen molar-refractivity contribution in [3.63, 3.8) is 0 Å². The van der Waals surface area contributed by atoms with E-state index in [4.69, 9.17) is 0 Å². The van der Waals surface area contributed by atoms with Gasteiger partial charge in [-0.3, -0.25) is 9.59 Å². The summed E-state index contributed by atoms with van der Waals surface area (Å²) in [7, 11) is -2.10. The maximum absolute atomic E-state index is 13.2. The molecule has 0 fully saturated rings. The van der Waals surface area contributed by atoms with Gasteiger partial charge in [0.2, 0.25) is 21.8 Å². The van der Waals surface area contributed by atoms with Gasteiger partial charge >= 0.3 is 0 Å². The van der Waals surface area contributed by atoms with Gasteiger partial charge in [0, 0.05) is 32.6 Å². The molecule has 2 rings (SSSR count). The Morgan fingerprint density at radius 3 is 2.32 bits per heavy atom. The van der Waals surface area contributed by atoms with Gasteiger partial charge in [-0.15, -0.1) is 0 Å². The van der Waals surface area contributed by atoms with Crippen molar-refractivity contribution >= 4 is 21.8 Å². The number of nitrogens with zero attached hydrogens (tertiary/aromatic N) is 2. The Labute approximate surface area is 204 Å². The molecule has 0 heterocycles. The molecule has 0 aromatic heterocycles. The van der Waals surface area contributed by atoms with Crippen LogP contribution in [0.2, 0.25) is 0 Å². The summed E-state index contributed by atoms with van der Waals surface area (Å²) in [5.74, 6) is -0.377. The van der Waals surface area contributed by atoms with Crippen molar-refractivity contribution in [1.82, 2.24) is 14.5 Å². The van der Waals surface area contributed by atoms with Gasteiger partial charge in [-0.2, -0.15) is 0 Å². The Morgan fingerprint density at radius 1 is 1.03 bits per heavy atom. The SMILES string of the molecule is CC[C@H](C)NC(=O)[C@H](C)N(Cc1cccc(C)c1)C(=O)CCCN(C)S(=O)(=O)c1ccccc1. The molecule has 2 atom stereocenters. The van der Waals surface area contributed by atoms with E-state index in [0.717, 1.165) is 17.5 Å². The minimum atomic E-state index is -3.61. The number of sulfonamides is 1. The van der Waals surface area contributed by atoms with E-state index >= 15 is 0 Å². The highest BCUT2D eigenvalue weighted by Crippen LogP contribution is 2.16. The summed E-state index contributed by atoms with van der Waals surface area (Å²) in [5, 5.41) is 2.95. The zero-order valence-corrected chi connectivity index (χ0v) is 21.6. The largest absolute Gasteiger partial charge is 0.352 e. The molecular formula is C26H37N3O4S. The predicted molar refractivity (Wildman–Crippen MR) is 135 cm³/mol. The molecule has 1 N–H and O–H groups in total. The van der Waals surface area contributed by atoms with Gasteiger partial charge in [0.05, 0.1) is 4.90 Å². The van der Waals surface area contributed by atoms with Gasteiger partial charge in [-0.25, -0.2) is 12.7 Å². The second-order valence-electron chi connectivity index (χ2n) is 8.75. The second kappa shape index (κ2) is 12.7. The molecule has 0 radical (unpaired) electrons. The van der Waals surface area contributed by atoms with Crippen LogP contribution >= 0.6 is 0 Å². The molecule has 0 bridgehead atoms. The third kappa shape index (κ3) is 7.67. The number of hydrogen-bond donors (Lipinski definition) is 1. The molecule has 0 aliphatic rings. The average molecular weight is 488 g/mol. The summed E-state index contributed by atoms with van der Waals surface area (Å²) in [5.41, 5.74) is 2.02. The number of rotatable bonds is 12. The normalized spacial score (nSPS) is 13.4. The summed E-state index contributed by atoms with van der Waals surface area (Å²) >= 11 is 0. The molecule has 0 aliphatic heterocycles. The van der Waals surface area contributed by atoms with Gasteiger partial charge in [-0.1, -0.05) is 55.0 Å². The molecule has 0 saturated heterocycles. The van der Waals surface area contributed by atoms with E-state index in [9.17, 15) is 18.0 Å². The summed E-state index contributed by atoms with van der Waals surface area (Å²) in [6.45, 7) is 8.16. The molecule has 2 aromatic carbocycles. The van der Waals surface area contributed by atoms with Crippen molar-refractivity contribution in [2.45, 2.75) is 70.5 Å². The number of aryl methyl sites for hydroxylation is 1. The maximum Gasteiger partial charge on any atom is 0.242 e. The van der Waals surface area contributed by atoms with Crippen LogP contribution in [0.3, 0.4) is 0 Å². The zero-order chi connectivity index (χ0) is 25.3. The van der Waals surface area contributed by atoms with E-state index < -0.39 is 16.1 Å². The fraction of sp³-hybridized carbons (Fsp3) is 0.462. The van der Waals surface area contributed by atoms with Crippen LogP contribution < -0.4 is 5.32 Å². The molecule has 2 amide bonds. The fourth-order valence-electron chi connectivity index (χ4n) is 3.54. The van der Waals surface area contributed by atoms with Crippen LogP contribution in [0.5, 0.6) is 0 Å². The van der Waals surface area contributed by atoms with E-state index in [-0.39, 0.29) is 35.7 Å². The third-order valence-electron chi connectivity index (χ3n) is 5.92. The van der Waals surface area contributed by atoms with Crippen LogP contribution in [-0.2, 0) is 26.2 Å². The summed E-state index contributed by atoms with van der Waals surface area (Å²) in [4.78, 5) is 27.8. The highest BCUT2D eigenvalue weighted by molar-refractivity contribution is 7.89. The summed E-state index contributed by atoms with van der Waals surface area (Å²) < 4.78 is 26.7. The molecule has 8 heteroatoms. The van der Waals surface area contributed by atoms with E-state index in [2.05, 4.69) is 5.32 Å². The lowest BCUT2D eigenvalue weighted by Crippen LogP contribution is -2.49. The molecule has 0 aliphatic carbocycles. The van der Waals surface area contributed by atoms with Gasteiger partial charge in [0.25, 0.3) is 0 Å². The highest BCUT2D eigenvalue weighted by atomic mass is 32.2. The Hall–Kier alpha value is -2.71. The van der Waals surface area contributed by atoms with E-state index in [1.54, 1.807) is 42.2 Å². The first-order valence-electron chi connectivity index (χ1n) is 11.7. The first-order valence-corrected chi connectivity index (χ1v) is 13.2. The monoisotopic (exact) mass is 487 g/mol. The smallest absolute Gasteiger partial charge is 0.242 e. The predicted octanol–water partition coefficient (Wildman–Crippen LogP) is 3.73. The van der Waals surface area contributed by atoms with Gasteiger partial charge in [0.15, 0.2) is 0 Å². The minimum absolute atomic E-state index is 0.0164. The first kappa shape index (κ1) is 27.5. The molecule has 0 unspecified atom stereocenters. The summed E-state index contributed by atoms with van der Waals surface area (Å²) in [6.07, 6.45) is 1.29. The van der Waals surface area contributed by atoms with Crippen LogP contribution in [0, 0.1) is 6.92 Å². The Morgan fingerprint density at radius 2 is 1.71 bits per heavy atom. The van der Waals surface area contributed by atoms with Gasteiger partial charge in [0.1, 0.15) is 6.04 Å². The van der Waals surface area contributed by atoms with Crippen LogP contribution in [-0.4, -0.2) is 55.1 Å². The standard InChI is InChI=1S/C26H37N3O4S/c1-6-21(3)27-26(31)22(4)29(19-23-13-10-12-20(2)18-23)25(30)16-11-17-28(5)34(32,33)24-14-8-7-9-15-24/h7-10,12-15,18,21-22H,6,11,16-17,19H2,1-5H3,(H,27,31)/t21-,22-/m0/s1. The van der Waals surface area contributed by atoms with Crippen molar-refractivity contribution in [2.75, 3.05) is 13.6 Å². The van der Waals surface area contributed by atoms with Crippen LogP contribution in [0.25, 0.3) is 0 Å². The van der Waals surface area contributed by atoms with Gasteiger partial charge < -0.3 is 10.2 Å². The van der Waals surface area contributed by atoms with E-state index in [1.807, 2.05) is 45.0 Å². The Kier molecular flexibility index (Phi) is 10.3. The fourth-order valence-corrected chi connectivity index (χ4v) is 4.77. The molecule has 0 saturated carbocycles. The lowest BCUT2D eigenvalue weighted by molar-refractivity contribution is -0.141. The molecule has 2 aromatic rings. The first-order chi connectivity index (χ1) is 16.1. The second-order valence-corrected chi connectivity index (χ2v) is 10.8. The van der Waals surface area contributed by atoms with Crippen molar-refractivity contribution in [2.24, 2.45) is 0 Å². The zero-order valence-electron chi connectivity index (χ0n) is 20.8. The number of amides is 2. The van der Waals surface area contributed by atoms with Crippen LogP contribution in [0.1, 0.15) is 51.2 Å². The molecule has 186 valence electrons. The average Bonchev–Trinajstić information content (AvgIpc) is 2.82. The quantitative estimate of drug-likeness (QED) is 0.494. The van der Waals surface area contributed by atoms with E-state index in [0.29, 0.717) is 13.0 Å². The van der Waals surface area contributed by atoms with Crippen molar-refractivity contribution in [3.05, 3.63) is 65.7 Å². The lowest BCUT2D eigenvalue weighted by atomic mass is 10.1. The van der Waals surface area contributed by atoms with Gasteiger partial charge in [-0.05, 0) is 51.3 Å². The van der Waals surface area contributed by atoms with Crippen LogP contribution in [0.4, 0.5) is 0 Å². The highest BCUT2D eigenvalue weighted by Gasteiger charge is 2.27. The molecule has 34 heavy (non-hydrogen) atoms. The number of hydrogen-bond acceptors (Lipinski definition) is 4. The van der Waals surface area contributed by atoms with E-state index in [1.165, 1.54) is 11.4 Å². The maximum atomic E-state index is 13.2. The van der Waals surface area contributed by atoms with Crippen molar-refractivity contribution < 1.29 is 18.0 Å². The summed E-state index contributed by atoms with van der Waals surface area (Å²) in [6, 6.07) is 15.5. The number of benzene rings is 2. The topological polar surface area (TPSA) is 86.8 Å². The Bertz CT molecular complexity index is 1060. The van der Waals surface area contributed by atoms with Crippen molar-refractivity contribution in [1.29, 1.82) is 0 Å². The van der Waals surface area contributed by atoms with Crippen LogP contribution in [0.15, 0.2) is 59.5 Å². The molecule has 7 nitrogen and oxygen atoms in total. The number of carbonyl (C=O) groups is 2. The van der Waals surface area contributed by atoms with Crippen molar-refractivity contribution in [3.8, 4) is 0 Å². The Balaban J connectivity index is 2.09. The lowest BCUT2D eigenvalue weighted by Gasteiger charge is -2.30.